The van der Waals surface area contributed by atoms with Crippen LogP contribution < -0.4 is 16.0 Å². The topological polar surface area (TPSA) is 86.0 Å². The van der Waals surface area contributed by atoms with Gasteiger partial charge in [-0.05, 0) is 43.9 Å². The fourth-order valence-electron chi connectivity index (χ4n) is 1.76. The van der Waals surface area contributed by atoms with Crippen molar-refractivity contribution >= 4 is 11.5 Å². The van der Waals surface area contributed by atoms with Crippen LogP contribution in [-0.4, -0.2) is 20.7 Å². The van der Waals surface area contributed by atoms with Gasteiger partial charge in [0.05, 0.1) is 28.9 Å². The van der Waals surface area contributed by atoms with Gasteiger partial charge in [-0.15, -0.1) is 5.10 Å². The molecule has 0 spiro atoms. The van der Waals surface area contributed by atoms with Crippen LogP contribution in [0.1, 0.15) is 36.0 Å². The fraction of sp³-hybridized carbons (Fsp3) is 0.417. The minimum absolute atomic E-state index is 0.105. The molecule has 19 heavy (non-hydrogen) atoms. The van der Waals surface area contributed by atoms with Crippen LogP contribution in [0.25, 0.3) is 0 Å². The van der Waals surface area contributed by atoms with Crippen molar-refractivity contribution in [2.75, 3.05) is 0 Å². The molecule has 0 bridgehead atoms. The van der Waals surface area contributed by atoms with Gasteiger partial charge in [0, 0.05) is 6.20 Å². The molecule has 102 valence electrons. The van der Waals surface area contributed by atoms with Crippen LogP contribution in [0.5, 0.6) is 5.75 Å². The van der Waals surface area contributed by atoms with Gasteiger partial charge in [-0.25, -0.2) is 5.43 Å². The van der Waals surface area contributed by atoms with Crippen LogP contribution in [0.15, 0.2) is 18.5 Å². The molecule has 7 heteroatoms. The quantitative estimate of drug-likeness (QED) is 0.638. The molecule has 0 fully saturated rings. The third-order valence-corrected chi connectivity index (χ3v) is 3.45. The molecule has 2 rings (SSSR count). The van der Waals surface area contributed by atoms with Crippen molar-refractivity contribution in [3.63, 3.8) is 0 Å². The first-order valence-electron chi connectivity index (χ1n) is 5.98. The van der Waals surface area contributed by atoms with E-state index in [-0.39, 0.29) is 12.1 Å². The highest BCUT2D eigenvalue weighted by Gasteiger charge is 2.19. The lowest BCUT2D eigenvalue weighted by molar-refractivity contribution is 0.241. The molecule has 6 nitrogen and oxygen atoms in total. The van der Waals surface area contributed by atoms with Crippen molar-refractivity contribution in [2.45, 2.75) is 32.9 Å². The van der Waals surface area contributed by atoms with E-state index in [1.165, 1.54) is 11.5 Å². The minimum atomic E-state index is -0.178. The molecule has 0 aromatic carbocycles. The Morgan fingerprint density at radius 3 is 2.74 bits per heavy atom. The van der Waals surface area contributed by atoms with Gasteiger partial charge >= 0.3 is 0 Å². The molecule has 0 saturated heterocycles. The van der Waals surface area contributed by atoms with Crippen molar-refractivity contribution in [1.29, 1.82) is 0 Å². The molecule has 2 heterocycles. The van der Waals surface area contributed by atoms with E-state index in [4.69, 9.17) is 10.6 Å². The summed E-state index contributed by atoms with van der Waals surface area (Å²) in [6.07, 6.45) is 3.55. The summed E-state index contributed by atoms with van der Waals surface area (Å²) in [5.41, 5.74) is 4.57. The van der Waals surface area contributed by atoms with Gasteiger partial charge in [-0.3, -0.25) is 10.8 Å². The van der Waals surface area contributed by atoms with E-state index >= 15 is 0 Å². The summed E-state index contributed by atoms with van der Waals surface area (Å²) in [5, 5.41) is 4.00. The number of hydrogen-bond acceptors (Lipinski definition) is 7. The lowest BCUT2D eigenvalue weighted by Crippen LogP contribution is -2.28. The first-order chi connectivity index (χ1) is 9.11. The molecule has 0 aliphatic heterocycles. The Morgan fingerprint density at radius 2 is 2.16 bits per heavy atom. The van der Waals surface area contributed by atoms with Gasteiger partial charge in [0.25, 0.3) is 0 Å². The third-order valence-electron chi connectivity index (χ3n) is 2.55. The molecule has 0 saturated carbocycles. The highest BCUT2D eigenvalue weighted by atomic mass is 32.1. The standard InChI is InChI=1S/C12H17N5OS/c1-7(2)18-10-4-9(5-14-6-10)11(15-13)12-8(3)16-17-19-12/h4-7,11,15H,13H2,1-3H3. The Morgan fingerprint density at radius 1 is 1.37 bits per heavy atom. The van der Waals surface area contributed by atoms with E-state index in [0.29, 0.717) is 0 Å². The number of pyridine rings is 1. The van der Waals surface area contributed by atoms with Gasteiger partial charge in [-0.1, -0.05) is 4.49 Å². The average Bonchev–Trinajstić information content (AvgIpc) is 2.77. The number of hydrogen-bond donors (Lipinski definition) is 2. The largest absolute Gasteiger partial charge is 0.489 e. The Bertz CT molecular complexity index is 542. The molecule has 3 N–H and O–H groups in total. The third kappa shape index (κ3) is 3.25. The molecular weight excluding hydrogens is 262 g/mol. The van der Waals surface area contributed by atoms with Gasteiger partial charge in [0.2, 0.25) is 0 Å². The number of nitrogens with zero attached hydrogens (tertiary/aromatic N) is 3. The summed E-state index contributed by atoms with van der Waals surface area (Å²) >= 11 is 1.32. The van der Waals surface area contributed by atoms with E-state index in [1.807, 2.05) is 26.8 Å². The summed E-state index contributed by atoms with van der Waals surface area (Å²) in [7, 11) is 0. The molecule has 1 atom stereocenters. The van der Waals surface area contributed by atoms with Crippen LogP contribution in [0.2, 0.25) is 0 Å². The maximum atomic E-state index is 5.65. The van der Waals surface area contributed by atoms with Crippen molar-refractivity contribution in [3.8, 4) is 5.75 Å². The number of nitrogens with one attached hydrogen (secondary N) is 1. The van der Waals surface area contributed by atoms with Crippen LogP contribution in [0, 0.1) is 6.92 Å². The Labute approximate surface area is 116 Å². The van der Waals surface area contributed by atoms with Crippen LogP contribution in [0.3, 0.4) is 0 Å². The summed E-state index contributed by atoms with van der Waals surface area (Å²) in [4.78, 5) is 5.17. The fourth-order valence-corrected chi connectivity index (χ4v) is 2.49. The number of aromatic nitrogens is 3. The lowest BCUT2D eigenvalue weighted by atomic mass is 10.1. The van der Waals surface area contributed by atoms with Gasteiger partial charge < -0.3 is 4.74 Å². The van der Waals surface area contributed by atoms with Crippen molar-refractivity contribution in [1.82, 2.24) is 20.0 Å². The van der Waals surface area contributed by atoms with Crippen LogP contribution in [-0.2, 0) is 0 Å². The van der Waals surface area contributed by atoms with Gasteiger partial charge in [0.15, 0.2) is 0 Å². The molecule has 0 radical (unpaired) electrons. The number of hydrazine groups is 1. The van der Waals surface area contributed by atoms with Crippen molar-refractivity contribution < 1.29 is 4.74 Å². The second kappa shape index (κ2) is 6.05. The summed E-state index contributed by atoms with van der Waals surface area (Å²) in [6, 6.07) is 1.75. The molecule has 0 aliphatic carbocycles. The first-order valence-corrected chi connectivity index (χ1v) is 6.75. The highest BCUT2D eigenvalue weighted by Crippen LogP contribution is 2.27. The monoisotopic (exact) mass is 279 g/mol. The summed E-state index contributed by atoms with van der Waals surface area (Å²) in [6.45, 7) is 5.86. The zero-order chi connectivity index (χ0) is 13.8. The number of ether oxygens (including phenoxy) is 1. The molecule has 0 aliphatic rings. The smallest absolute Gasteiger partial charge is 0.138 e. The Balaban J connectivity index is 2.31. The Kier molecular flexibility index (Phi) is 4.41. The number of nitrogens with two attached hydrogens (primary N) is 1. The number of aryl methyl sites for hydroxylation is 1. The van der Waals surface area contributed by atoms with E-state index < -0.39 is 0 Å². The second-order valence-electron chi connectivity index (χ2n) is 4.44. The highest BCUT2D eigenvalue weighted by molar-refractivity contribution is 7.05. The zero-order valence-corrected chi connectivity index (χ0v) is 11.9. The van der Waals surface area contributed by atoms with Crippen molar-refractivity contribution in [2.24, 2.45) is 5.84 Å². The minimum Gasteiger partial charge on any atom is -0.489 e. The van der Waals surface area contributed by atoms with E-state index in [1.54, 1.807) is 12.4 Å². The summed E-state index contributed by atoms with van der Waals surface area (Å²) in [5.74, 6) is 6.37. The first kappa shape index (κ1) is 13.9. The van der Waals surface area contributed by atoms with Crippen LogP contribution >= 0.6 is 11.5 Å². The molecule has 1 unspecified atom stereocenters. The van der Waals surface area contributed by atoms with Crippen LogP contribution in [0.4, 0.5) is 0 Å². The van der Waals surface area contributed by atoms with E-state index in [2.05, 4.69) is 20.0 Å². The molecular formula is C12H17N5OS. The predicted octanol–water partition coefficient (Wildman–Crippen LogP) is 1.58. The number of rotatable bonds is 5. The van der Waals surface area contributed by atoms with E-state index in [0.717, 1.165) is 21.9 Å². The van der Waals surface area contributed by atoms with Crippen molar-refractivity contribution in [3.05, 3.63) is 34.6 Å². The van der Waals surface area contributed by atoms with E-state index in [9.17, 15) is 0 Å². The zero-order valence-electron chi connectivity index (χ0n) is 11.1. The maximum absolute atomic E-state index is 5.65. The predicted molar refractivity (Wildman–Crippen MR) is 73.8 cm³/mol. The molecule has 0 amide bonds. The summed E-state index contributed by atoms with van der Waals surface area (Å²) < 4.78 is 9.57. The SMILES string of the molecule is Cc1nnsc1C(NN)c1cncc(OC(C)C)c1. The lowest BCUT2D eigenvalue weighted by Gasteiger charge is -2.16. The van der Waals surface area contributed by atoms with Gasteiger partial charge in [-0.2, -0.15) is 0 Å². The average molecular weight is 279 g/mol. The second-order valence-corrected chi connectivity index (χ2v) is 5.23. The van der Waals surface area contributed by atoms with Gasteiger partial charge in [0.1, 0.15) is 5.75 Å². The molecule has 2 aromatic rings. The molecule has 2 aromatic heterocycles. The Hall–Kier alpha value is -1.57. The normalized spacial score (nSPS) is 12.7. The maximum Gasteiger partial charge on any atom is 0.138 e.